The Kier molecular flexibility index (Phi) is 26.0. The third-order valence-electron chi connectivity index (χ3n) is 31.4. The maximum absolute atomic E-state index is 14.2. The molecule has 546 valence electrons. The molecule has 11 heteroatoms. The standard InChI is InChI=1S/C32H50O4.C24H38O4.C24H40O3.4CH4/c1-5-20-16-21(6-2)26-24-17-23(25(20)26)27(29(33)35-31(7-3)13-9-10-14-31)28(24)30(34)36-32(8-4)18-19-11-12-22(32)15-19;1-5-14-12-15(6-2)19-17-13-16(18(14)19)20(22(25)27-4)21(17)23(26)28-24(7-3)10-8-9-11-24;1-5-15-12-16(6-2)21-18-13-17(20(15)21)19(14-26-4)22(18)23(25)27-24(7-3)10-8-9-11-24;;;;/h19-28H,5-18H2,1-4H3;14-21H,5-13H2,1-4H3;15-22H,5-14H2,1-4H3;4*1H4. The third-order valence-corrected chi connectivity index (χ3v) is 31.4. The highest BCUT2D eigenvalue weighted by molar-refractivity contribution is 5.85. The van der Waals surface area contributed by atoms with Gasteiger partial charge in [-0.15, -0.1) is 0 Å². The van der Waals surface area contributed by atoms with Gasteiger partial charge in [-0.3, -0.25) is 24.0 Å². The second-order valence-electron chi connectivity index (χ2n) is 34.1. The summed E-state index contributed by atoms with van der Waals surface area (Å²) in [7, 11) is 3.27. The third kappa shape index (κ3) is 13.4. The second kappa shape index (κ2) is 31.7. The highest BCUT2D eigenvalue weighted by Gasteiger charge is 2.71. The molecular formula is C84H144O11. The van der Waals surface area contributed by atoms with Gasteiger partial charge in [0.2, 0.25) is 0 Å². The van der Waals surface area contributed by atoms with Crippen LogP contribution in [-0.2, 0) is 52.4 Å². The summed E-state index contributed by atoms with van der Waals surface area (Å²) >= 11 is 0. The molecular weight excluding hydrogens is 1180 g/mol. The fraction of sp³-hybridized carbons (Fsp3) is 0.940. The minimum absolute atomic E-state index is 0. The Morgan fingerprint density at radius 3 is 0.937 bits per heavy atom. The van der Waals surface area contributed by atoms with Crippen molar-refractivity contribution < 1.29 is 52.4 Å². The molecule has 0 aromatic rings. The molecule has 14 aliphatic carbocycles. The van der Waals surface area contributed by atoms with Crippen molar-refractivity contribution >= 4 is 29.8 Å². The first-order valence-electron chi connectivity index (χ1n) is 39.5. The molecule has 14 aliphatic rings. The number of fused-ring (bicyclic) bond motifs is 17. The minimum atomic E-state index is -0.298. The normalized spacial score (nSPS) is 43.5. The maximum atomic E-state index is 14.2. The lowest BCUT2D eigenvalue weighted by Gasteiger charge is -2.43. The second-order valence-corrected chi connectivity index (χ2v) is 34.1. The predicted molar refractivity (Wildman–Crippen MR) is 381 cm³/mol. The molecule has 95 heavy (non-hydrogen) atoms. The molecule has 0 radical (unpaired) electrons. The van der Waals surface area contributed by atoms with Crippen molar-refractivity contribution in [1.29, 1.82) is 0 Å². The summed E-state index contributed by atoms with van der Waals surface area (Å²) < 4.78 is 36.5. The molecule has 0 aliphatic heterocycles. The lowest BCUT2D eigenvalue weighted by molar-refractivity contribution is -0.187. The Morgan fingerprint density at radius 1 is 0.347 bits per heavy atom. The molecule has 0 aromatic carbocycles. The van der Waals surface area contributed by atoms with Gasteiger partial charge in [0, 0.05) is 7.11 Å². The molecule has 27 atom stereocenters. The average Bonchev–Trinajstić information content (AvgIpc) is 1.56. The molecule has 0 aromatic heterocycles. The lowest BCUT2D eigenvalue weighted by atomic mass is 9.65. The van der Waals surface area contributed by atoms with Crippen molar-refractivity contribution in [2.24, 2.45) is 154 Å². The molecule has 27 unspecified atom stereocenters. The zero-order valence-electron chi connectivity index (χ0n) is 59.3. The SMILES string of the molecule is C.C.C.C.CCC1CC(CC)C2C3CC(C(C(=O)OC)C3C(=O)OC3(CC)CCCC3)C12.CCC1CC(CC)C2C3CC(C(C(=O)OC4(CC)CCCC4)C3C(=O)OC3(CC)CC4CCC3C4)C12.CCC1CC(CC)C2C3CC(C(COC)C3C(=O)OC3(CC)CCCC3)C12. The first-order chi connectivity index (χ1) is 44.0. The Hall–Kier alpha value is -2.69. The molecule has 0 amide bonds. The van der Waals surface area contributed by atoms with Gasteiger partial charge in [-0.1, -0.05) is 137 Å². The van der Waals surface area contributed by atoms with Crippen molar-refractivity contribution in [3.63, 3.8) is 0 Å². The summed E-state index contributed by atoms with van der Waals surface area (Å²) in [6.07, 6.45) is 36.0. The van der Waals surface area contributed by atoms with Crippen LogP contribution in [0.2, 0.25) is 0 Å². The van der Waals surface area contributed by atoms with Crippen LogP contribution in [0.3, 0.4) is 0 Å². The molecule has 11 nitrogen and oxygen atoms in total. The van der Waals surface area contributed by atoms with Gasteiger partial charge in [0.05, 0.1) is 43.3 Å². The zero-order valence-corrected chi connectivity index (χ0v) is 59.3. The van der Waals surface area contributed by atoms with Crippen LogP contribution in [0.1, 0.15) is 304 Å². The van der Waals surface area contributed by atoms with E-state index in [1.165, 1.54) is 103 Å². The van der Waals surface area contributed by atoms with Gasteiger partial charge < -0.3 is 28.4 Å². The van der Waals surface area contributed by atoms with E-state index >= 15 is 0 Å². The molecule has 8 bridgehead atoms. The molecule has 0 saturated heterocycles. The van der Waals surface area contributed by atoms with Gasteiger partial charge in [-0.2, -0.15) is 0 Å². The van der Waals surface area contributed by atoms with Crippen LogP contribution < -0.4 is 0 Å². The molecule has 0 spiro atoms. The monoisotopic (exact) mass is 1330 g/mol. The number of ether oxygens (including phenoxy) is 6. The number of hydrogen-bond acceptors (Lipinski definition) is 11. The van der Waals surface area contributed by atoms with E-state index in [0.717, 1.165) is 145 Å². The minimum Gasteiger partial charge on any atom is -0.469 e. The highest BCUT2D eigenvalue weighted by Crippen LogP contribution is 2.71. The Labute approximate surface area is 580 Å². The summed E-state index contributed by atoms with van der Waals surface area (Å²) in [6, 6.07) is 0. The van der Waals surface area contributed by atoms with E-state index in [1.807, 2.05) is 0 Å². The van der Waals surface area contributed by atoms with Crippen LogP contribution >= 0.6 is 0 Å². The summed E-state index contributed by atoms with van der Waals surface area (Å²) in [4.78, 5) is 68.1. The quantitative estimate of drug-likeness (QED) is 0.0801. The summed E-state index contributed by atoms with van der Waals surface area (Å²) in [5.74, 6) is 11.2. The fourth-order valence-corrected chi connectivity index (χ4v) is 27.3. The van der Waals surface area contributed by atoms with E-state index in [4.69, 9.17) is 28.4 Å². The smallest absolute Gasteiger partial charge is 0.310 e. The zero-order chi connectivity index (χ0) is 64.5. The number of hydrogen-bond donors (Lipinski definition) is 0. The number of carbonyl (C=O) groups is 5. The van der Waals surface area contributed by atoms with E-state index < -0.39 is 0 Å². The van der Waals surface area contributed by atoms with Gasteiger partial charge in [-0.05, 0) is 291 Å². The predicted octanol–water partition coefficient (Wildman–Crippen LogP) is 20.3. The van der Waals surface area contributed by atoms with Crippen LogP contribution in [0.15, 0.2) is 0 Å². The topological polar surface area (TPSA) is 141 Å². The Morgan fingerprint density at radius 2 is 0.653 bits per heavy atom. The van der Waals surface area contributed by atoms with E-state index in [2.05, 4.69) is 69.2 Å². The van der Waals surface area contributed by atoms with Gasteiger partial charge in [0.15, 0.2) is 0 Å². The number of methoxy groups -OCH3 is 2. The van der Waals surface area contributed by atoms with Gasteiger partial charge in [0.25, 0.3) is 0 Å². The maximum Gasteiger partial charge on any atom is 0.310 e. The van der Waals surface area contributed by atoms with Gasteiger partial charge in [0.1, 0.15) is 22.4 Å². The van der Waals surface area contributed by atoms with Crippen LogP contribution in [-0.4, -0.2) is 73.1 Å². The Balaban J connectivity index is 0.000000181. The van der Waals surface area contributed by atoms with Gasteiger partial charge in [-0.25, -0.2) is 0 Å². The summed E-state index contributed by atoms with van der Waals surface area (Å²) in [5, 5.41) is 0. The number of carbonyl (C=O) groups excluding carboxylic acids is 5. The lowest BCUT2D eigenvalue weighted by Crippen LogP contribution is -2.49. The largest absolute Gasteiger partial charge is 0.469 e. The Bertz CT molecular complexity index is 2540. The van der Waals surface area contributed by atoms with Crippen LogP contribution in [0.4, 0.5) is 0 Å². The fourth-order valence-electron chi connectivity index (χ4n) is 27.3. The number of esters is 5. The van der Waals surface area contributed by atoms with E-state index in [0.29, 0.717) is 94.7 Å². The summed E-state index contributed by atoms with van der Waals surface area (Å²) in [6.45, 7) is 23.4. The molecule has 14 fully saturated rings. The van der Waals surface area contributed by atoms with Crippen molar-refractivity contribution in [1.82, 2.24) is 0 Å². The molecule has 0 N–H and O–H groups in total. The van der Waals surface area contributed by atoms with E-state index in [9.17, 15) is 24.0 Å². The van der Waals surface area contributed by atoms with E-state index in [-0.39, 0.29) is 112 Å². The summed E-state index contributed by atoms with van der Waals surface area (Å²) in [5.41, 5.74) is -1.03. The molecule has 14 saturated carbocycles. The first kappa shape index (κ1) is 78.0. The molecule has 14 rings (SSSR count). The van der Waals surface area contributed by atoms with Crippen molar-refractivity contribution in [3.8, 4) is 0 Å². The van der Waals surface area contributed by atoms with Crippen molar-refractivity contribution in [3.05, 3.63) is 0 Å². The highest BCUT2D eigenvalue weighted by atomic mass is 16.6. The van der Waals surface area contributed by atoms with E-state index in [1.54, 1.807) is 7.11 Å². The van der Waals surface area contributed by atoms with Gasteiger partial charge >= 0.3 is 29.8 Å². The number of rotatable bonds is 21. The van der Waals surface area contributed by atoms with Crippen molar-refractivity contribution in [2.75, 3.05) is 20.8 Å². The first-order valence-corrected chi connectivity index (χ1v) is 39.5. The average molecular weight is 1330 g/mol. The van der Waals surface area contributed by atoms with Crippen LogP contribution in [0, 0.1) is 154 Å². The van der Waals surface area contributed by atoms with Crippen LogP contribution in [0.5, 0.6) is 0 Å². The molecule has 0 heterocycles. The van der Waals surface area contributed by atoms with Crippen molar-refractivity contribution in [2.45, 2.75) is 327 Å². The van der Waals surface area contributed by atoms with Crippen LogP contribution in [0.25, 0.3) is 0 Å².